The maximum absolute atomic E-state index is 4.52. The molecular formula is C17H22N6. The average Bonchev–Trinajstić information content (AvgIpc) is 3.09. The molecule has 120 valence electrons. The number of rotatable bonds is 3. The summed E-state index contributed by atoms with van der Waals surface area (Å²) >= 11 is 0. The second-order valence-electron chi connectivity index (χ2n) is 6.78. The van der Waals surface area contributed by atoms with Gasteiger partial charge >= 0.3 is 0 Å². The first-order valence-corrected chi connectivity index (χ1v) is 8.22. The van der Waals surface area contributed by atoms with Crippen molar-refractivity contribution >= 4 is 5.82 Å². The van der Waals surface area contributed by atoms with Crippen LogP contribution in [-0.2, 0) is 6.54 Å². The Bertz CT molecular complexity index is 675. The Balaban J connectivity index is 1.41. The average molecular weight is 310 g/mol. The molecule has 0 bridgehead atoms. The minimum Gasteiger partial charge on any atom is -0.356 e. The number of nitrogens with zero attached hydrogens (tertiary/aromatic N) is 6. The summed E-state index contributed by atoms with van der Waals surface area (Å²) in [7, 11) is 0. The Morgan fingerprint density at radius 1 is 1.04 bits per heavy atom. The molecule has 2 fully saturated rings. The van der Waals surface area contributed by atoms with E-state index in [1.54, 1.807) is 12.5 Å². The van der Waals surface area contributed by atoms with Gasteiger partial charge in [0.15, 0.2) is 0 Å². The molecule has 2 atom stereocenters. The van der Waals surface area contributed by atoms with Crippen molar-refractivity contribution in [3.63, 3.8) is 0 Å². The van der Waals surface area contributed by atoms with Gasteiger partial charge in [0, 0.05) is 50.2 Å². The van der Waals surface area contributed by atoms with Crippen LogP contribution in [-0.4, -0.2) is 51.2 Å². The van der Waals surface area contributed by atoms with Crippen LogP contribution in [0.3, 0.4) is 0 Å². The van der Waals surface area contributed by atoms with Crippen LogP contribution in [0.15, 0.2) is 24.8 Å². The highest BCUT2D eigenvalue weighted by molar-refractivity contribution is 5.48. The predicted molar refractivity (Wildman–Crippen MR) is 88.0 cm³/mol. The Hall–Kier alpha value is -2.08. The molecule has 2 unspecified atom stereocenters. The van der Waals surface area contributed by atoms with Gasteiger partial charge in [0.05, 0.1) is 6.20 Å². The van der Waals surface area contributed by atoms with Crippen LogP contribution in [0.25, 0.3) is 0 Å². The van der Waals surface area contributed by atoms with Gasteiger partial charge in [0.1, 0.15) is 12.1 Å². The molecule has 0 spiro atoms. The maximum Gasteiger partial charge on any atom is 0.135 e. The van der Waals surface area contributed by atoms with Gasteiger partial charge in [-0.25, -0.2) is 9.97 Å². The number of likely N-dealkylation sites (tertiary alicyclic amines) is 1. The fourth-order valence-electron chi connectivity index (χ4n) is 3.91. The lowest BCUT2D eigenvalue weighted by Crippen LogP contribution is -2.29. The van der Waals surface area contributed by atoms with Crippen molar-refractivity contribution < 1.29 is 0 Å². The monoisotopic (exact) mass is 310 g/mol. The molecule has 0 saturated carbocycles. The van der Waals surface area contributed by atoms with Crippen LogP contribution in [0.4, 0.5) is 5.82 Å². The minimum absolute atomic E-state index is 0.736. The number of anilines is 1. The number of hydrogen-bond acceptors (Lipinski definition) is 6. The third kappa shape index (κ3) is 2.79. The molecule has 0 aliphatic carbocycles. The summed E-state index contributed by atoms with van der Waals surface area (Å²) in [6, 6.07) is 2.06. The first kappa shape index (κ1) is 14.5. The fourth-order valence-corrected chi connectivity index (χ4v) is 3.91. The Labute approximate surface area is 136 Å². The van der Waals surface area contributed by atoms with E-state index in [2.05, 4.69) is 49.9 Å². The van der Waals surface area contributed by atoms with Gasteiger partial charge in [-0.2, -0.15) is 10.2 Å². The first-order valence-electron chi connectivity index (χ1n) is 8.22. The van der Waals surface area contributed by atoms with E-state index in [-0.39, 0.29) is 0 Å². The van der Waals surface area contributed by atoms with Gasteiger partial charge in [-0.05, 0) is 37.3 Å². The standard InChI is InChI=1S/C17H22N6/c1-12-13(2)18-11-19-17(12)23-9-15-7-22(8-16(15)10-23)6-14-3-4-20-21-5-14/h3-5,11,15-16H,6-10H2,1-2H3. The quantitative estimate of drug-likeness (QED) is 0.855. The van der Waals surface area contributed by atoms with Crippen molar-refractivity contribution in [3.05, 3.63) is 41.6 Å². The molecule has 0 radical (unpaired) electrons. The van der Waals surface area contributed by atoms with E-state index in [9.17, 15) is 0 Å². The van der Waals surface area contributed by atoms with Gasteiger partial charge in [-0.3, -0.25) is 4.90 Å². The SMILES string of the molecule is Cc1ncnc(N2CC3CN(Cc4ccnnc4)CC3C2)c1C. The third-order valence-corrected chi connectivity index (χ3v) is 5.22. The van der Waals surface area contributed by atoms with Gasteiger partial charge in [-0.1, -0.05) is 0 Å². The lowest BCUT2D eigenvalue weighted by molar-refractivity contribution is 0.308. The van der Waals surface area contributed by atoms with E-state index in [4.69, 9.17) is 0 Å². The van der Waals surface area contributed by atoms with E-state index in [0.717, 1.165) is 56.1 Å². The van der Waals surface area contributed by atoms with Crippen LogP contribution in [0.1, 0.15) is 16.8 Å². The Morgan fingerprint density at radius 3 is 2.52 bits per heavy atom. The van der Waals surface area contributed by atoms with Gasteiger partial charge < -0.3 is 4.90 Å². The van der Waals surface area contributed by atoms with Crippen LogP contribution >= 0.6 is 0 Å². The van der Waals surface area contributed by atoms with Crippen LogP contribution in [0, 0.1) is 25.7 Å². The van der Waals surface area contributed by atoms with E-state index >= 15 is 0 Å². The molecule has 2 aliphatic rings. The summed E-state index contributed by atoms with van der Waals surface area (Å²) in [6.07, 6.45) is 5.33. The van der Waals surface area contributed by atoms with Crippen molar-refractivity contribution in [2.45, 2.75) is 20.4 Å². The smallest absolute Gasteiger partial charge is 0.135 e. The molecule has 2 aliphatic heterocycles. The number of aryl methyl sites for hydroxylation is 1. The second-order valence-corrected chi connectivity index (χ2v) is 6.78. The zero-order valence-electron chi connectivity index (χ0n) is 13.7. The predicted octanol–water partition coefficient (Wildman–Crippen LogP) is 1.45. The summed E-state index contributed by atoms with van der Waals surface area (Å²) in [5, 5.41) is 7.82. The highest BCUT2D eigenvalue weighted by Crippen LogP contribution is 2.34. The maximum atomic E-state index is 4.52. The van der Waals surface area contributed by atoms with Gasteiger partial charge in [-0.15, -0.1) is 0 Å². The molecule has 0 N–H and O–H groups in total. The number of aromatic nitrogens is 4. The second kappa shape index (κ2) is 5.85. The first-order chi connectivity index (χ1) is 11.2. The van der Waals surface area contributed by atoms with Crippen molar-refractivity contribution in [3.8, 4) is 0 Å². The van der Waals surface area contributed by atoms with E-state index in [0.29, 0.717) is 0 Å². The Morgan fingerprint density at radius 2 is 1.83 bits per heavy atom. The Kier molecular flexibility index (Phi) is 3.69. The zero-order valence-corrected chi connectivity index (χ0v) is 13.7. The van der Waals surface area contributed by atoms with E-state index in [1.165, 1.54) is 11.1 Å². The third-order valence-electron chi connectivity index (χ3n) is 5.22. The molecule has 6 heteroatoms. The molecule has 4 heterocycles. The zero-order chi connectivity index (χ0) is 15.8. The molecule has 2 aromatic rings. The lowest BCUT2D eigenvalue weighted by atomic mass is 10.0. The summed E-state index contributed by atoms with van der Waals surface area (Å²) in [6.45, 7) is 9.69. The van der Waals surface area contributed by atoms with E-state index < -0.39 is 0 Å². The molecule has 6 nitrogen and oxygen atoms in total. The molecule has 0 amide bonds. The summed E-state index contributed by atoms with van der Waals surface area (Å²) in [5.41, 5.74) is 3.55. The molecular weight excluding hydrogens is 288 g/mol. The number of hydrogen-bond donors (Lipinski definition) is 0. The fraction of sp³-hybridized carbons (Fsp3) is 0.529. The van der Waals surface area contributed by atoms with Gasteiger partial charge in [0.25, 0.3) is 0 Å². The molecule has 0 aromatic carbocycles. The van der Waals surface area contributed by atoms with Crippen LogP contribution in [0.5, 0.6) is 0 Å². The molecule has 4 rings (SSSR count). The largest absolute Gasteiger partial charge is 0.356 e. The summed E-state index contributed by atoms with van der Waals surface area (Å²) < 4.78 is 0. The van der Waals surface area contributed by atoms with Crippen molar-refractivity contribution in [2.24, 2.45) is 11.8 Å². The number of fused-ring (bicyclic) bond motifs is 1. The lowest BCUT2D eigenvalue weighted by Gasteiger charge is -2.23. The van der Waals surface area contributed by atoms with Crippen molar-refractivity contribution in [2.75, 3.05) is 31.1 Å². The highest BCUT2D eigenvalue weighted by atomic mass is 15.3. The topological polar surface area (TPSA) is 58.0 Å². The highest BCUT2D eigenvalue weighted by Gasteiger charge is 2.40. The normalized spacial score (nSPS) is 24.2. The summed E-state index contributed by atoms with van der Waals surface area (Å²) in [4.78, 5) is 13.8. The van der Waals surface area contributed by atoms with Crippen molar-refractivity contribution in [1.82, 2.24) is 25.1 Å². The van der Waals surface area contributed by atoms with Crippen LogP contribution < -0.4 is 4.90 Å². The van der Waals surface area contributed by atoms with Crippen LogP contribution in [0.2, 0.25) is 0 Å². The molecule has 2 saturated heterocycles. The summed E-state index contributed by atoms with van der Waals surface area (Å²) in [5.74, 6) is 2.59. The van der Waals surface area contributed by atoms with Crippen molar-refractivity contribution in [1.29, 1.82) is 0 Å². The van der Waals surface area contributed by atoms with E-state index in [1.807, 2.05) is 6.20 Å². The molecule has 2 aromatic heterocycles. The van der Waals surface area contributed by atoms with Gasteiger partial charge in [0.2, 0.25) is 0 Å². The molecule has 23 heavy (non-hydrogen) atoms. The minimum atomic E-state index is 0.736.